The van der Waals surface area contributed by atoms with Crippen molar-refractivity contribution in [3.05, 3.63) is 14.5 Å². The number of ether oxygens (including phenoxy) is 2. The third-order valence-corrected chi connectivity index (χ3v) is 5.44. The third kappa shape index (κ3) is 5.01. The molecule has 1 fully saturated rings. The van der Waals surface area contributed by atoms with Crippen molar-refractivity contribution in [1.82, 2.24) is 9.88 Å². The molecule has 0 radical (unpaired) electrons. The Balaban J connectivity index is 2.04. The van der Waals surface area contributed by atoms with Crippen LogP contribution in [-0.4, -0.2) is 48.8 Å². The number of halogens is 1. The predicted octanol–water partition coefficient (Wildman–Crippen LogP) is 3.18. The first kappa shape index (κ1) is 17.8. The van der Waals surface area contributed by atoms with E-state index < -0.39 is 5.60 Å². The molecule has 1 aromatic rings. The molecule has 1 aliphatic rings. The maximum atomic E-state index is 10.6. The monoisotopic (exact) mass is 390 g/mol. The zero-order chi connectivity index (χ0) is 16.2. The van der Waals surface area contributed by atoms with Gasteiger partial charge < -0.3 is 9.47 Å². The lowest BCUT2D eigenvalue weighted by Gasteiger charge is -2.29. The van der Waals surface area contributed by atoms with Gasteiger partial charge in [0, 0.05) is 31.2 Å². The second kappa shape index (κ2) is 7.86. The van der Waals surface area contributed by atoms with Crippen molar-refractivity contribution < 1.29 is 14.3 Å². The summed E-state index contributed by atoms with van der Waals surface area (Å²) in [5.41, 5.74) is 0.621. The van der Waals surface area contributed by atoms with Crippen LogP contribution in [0.3, 0.4) is 0 Å². The average Bonchev–Trinajstić information content (AvgIpc) is 2.79. The molecule has 0 saturated carbocycles. The Morgan fingerprint density at radius 2 is 2.18 bits per heavy atom. The number of thiazole rings is 1. The smallest absolute Gasteiger partial charge is 0.293 e. The molecule has 7 heteroatoms. The number of rotatable bonds is 7. The summed E-state index contributed by atoms with van der Waals surface area (Å²) in [5.74, 6) is 0.542. The van der Waals surface area contributed by atoms with E-state index in [0.29, 0.717) is 18.9 Å². The molecule has 0 spiro atoms. The first-order valence-electron chi connectivity index (χ1n) is 7.44. The predicted molar refractivity (Wildman–Crippen MR) is 90.2 cm³/mol. The molecule has 0 aliphatic carbocycles. The second-order valence-corrected chi connectivity index (χ2v) is 8.62. The zero-order valence-corrected chi connectivity index (χ0v) is 15.7. The fourth-order valence-electron chi connectivity index (χ4n) is 2.85. The fourth-order valence-corrected chi connectivity index (χ4v) is 4.56. The first-order valence-corrected chi connectivity index (χ1v) is 9.05. The summed E-state index contributed by atoms with van der Waals surface area (Å²) in [5, 5.41) is 0. The quantitative estimate of drug-likeness (QED) is 0.669. The van der Waals surface area contributed by atoms with Crippen molar-refractivity contribution in [3.8, 4) is 0 Å². The maximum absolute atomic E-state index is 10.6. The van der Waals surface area contributed by atoms with Crippen LogP contribution in [0.15, 0.2) is 3.92 Å². The Kier molecular flexibility index (Phi) is 6.37. The molecule has 22 heavy (non-hydrogen) atoms. The second-order valence-electron chi connectivity index (χ2n) is 6.31. The first-order chi connectivity index (χ1) is 10.4. The Morgan fingerprint density at radius 1 is 1.50 bits per heavy atom. The Hall–Kier alpha value is -0.500. The number of nitrogens with zero attached hydrogens (tertiary/aromatic N) is 2. The van der Waals surface area contributed by atoms with Crippen molar-refractivity contribution in [2.24, 2.45) is 0 Å². The molecular formula is C15H23BrN2O3S. The number of carbonyl (C=O) groups is 1. The van der Waals surface area contributed by atoms with Crippen LogP contribution in [0, 0.1) is 0 Å². The Bertz CT molecular complexity index is 501. The number of hydrogen-bond donors (Lipinski definition) is 0. The van der Waals surface area contributed by atoms with E-state index in [9.17, 15) is 4.79 Å². The SMILES string of the molecule is CN(Cc1nc(Br)sc1C1CCOCC1)CC(C)(C)OC=O. The molecular weight excluding hydrogens is 368 g/mol. The summed E-state index contributed by atoms with van der Waals surface area (Å²) < 4.78 is 11.5. The highest BCUT2D eigenvalue weighted by Crippen LogP contribution is 2.36. The van der Waals surface area contributed by atoms with Gasteiger partial charge in [0.2, 0.25) is 0 Å². The topological polar surface area (TPSA) is 51.7 Å². The van der Waals surface area contributed by atoms with Gasteiger partial charge in [-0.3, -0.25) is 9.69 Å². The van der Waals surface area contributed by atoms with Crippen LogP contribution >= 0.6 is 27.3 Å². The minimum absolute atomic E-state index is 0.497. The summed E-state index contributed by atoms with van der Waals surface area (Å²) in [4.78, 5) is 18.7. The summed E-state index contributed by atoms with van der Waals surface area (Å²) >= 11 is 5.24. The zero-order valence-electron chi connectivity index (χ0n) is 13.3. The minimum atomic E-state index is -0.497. The average molecular weight is 391 g/mol. The molecule has 124 valence electrons. The van der Waals surface area contributed by atoms with Crippen molar-refractivity contribution >= 4 is 33.7 Å². The van der Waals surface area contributed by atoms with E-state index in [0.717, 1.165) is 42.2 Å². The van der Waals surface area contributed by atoms with Crippen molar-refractivity contribution in [2.75, 3.05) is 26.8 Å². The number of carbonyl (C=O) groups excluding carboxylic acids is 1. The van der Waals surface area contributed by atoms with Crippen LogP contribution in [0.4, 0.5) is 0 Å². The van der Waals surface area contributed by atoms with E-state index in [2.05, 4.69) is 25.8 Å². The highest BCUT2D eigenvalue weighted by Gasteiger charge is 2.25. The van der Waals surface area contributed by atoms with Crippen LogP contribution < -0.4 is 0 Å². The van der Waals surface area contributed by atoms with E-state index in [1.54, 1.807) is 11.3 Å². The molecule has 0 aromatic carbocycles. The maximum Gasteiger partial charge on any atom is 0.293 e. The standard InChI is InChI=1S/C15H23BrN2O3S/c1-15(2,21-10-19)9-18(3)8-12-13(22-14(16)17-12)11-4-6-20-7-5-11/h10-11H,4-9H2,1-3H3. The van der Waals surface area contributed by atoms with Gasteiger partial charge in [-0.05, 0) is 55.6 Å². The molecule has 0 N–H and O–H groups in total. The molecule has 1 aromatic heterocycles. The van der Waals surface area contributed by atoms with E-state index in [4.69, 9.17) is 9.47 Å². The molecule has 0 atom stereocenters. The highest BCUT2D eigenvalue weighted by atomic mass is 79.9. The number of aromatic nitrogens is 1. The van der Waals surface area contributed by atoms with Gasteiger partial charge >= 0.3 is 0 Å². The number of hydrogen-bond acceptors (Lipinski definition) is 6. The van der Waals surface area contributed by atoms with E-state index in [-0.39, 0.29) is 0 Å². The van der Waals surface area contributed by atoms with Gasteiger partial charge in [-0.1, -0.05) is 0 Å². The fraction of sp³-hybridized carbons (Fsp3) is 0.733. The summed E-state index contributed by atoms with van der Waals surface area (Å²) in [6.07, 6.45) is 2.12. The van der Waals surface area contributed by atoms with Gasteiger partial charge in [0.15, 0.2) is 3.92 Å². The molecule has 0 bridgehead atoms. The summed E-state index contributed by atoms with van der Waals surface area (Å²) in [6, 6.07) is 0. The molecule has 0 amide bonds. The third-order valence-electron chi connectivity index (χ3n) is 3.73. The van der Waals surface area contributed by atoms with Gasteiger partial charge in [0.1, 0.15) is 5.60 Å². The lowest BCUT2D eigenvalue weighted by atomic mass is 9.97. The van der Waals surface area contributed by atoms with Crippen LogP contribution in [0.2, 0.25) is 0 Å². The van der Waals surface area contributed by atoms with Gasteiger partial charge in [-0.15, -0.1) is 11.3 Å². The molecule has 2 heterocycles. The van der Waals surface area contributed by atoms with Gasteiger partial charge in [-0.2, -0.15) is 0 Å². The largest absolute Gasteiger partial charge is 0.461 e. The Morgan fingerprint density at radius 3 is 2.82 bits per heavy atom. The van der Waals surface area contributed by atoms with Crippen LogP contribution in [0.1, 0.15) is 43.2 Å². The van der Waals surface area contributed by atoms with E-state index >= 15 is 0 Å². The van der Waals surface area contributed by atoms with Crippen LogP contribution in [0.5, 0.6) is 0 Å². The van der Waals surface area contributed by atoms with E-state index in [1.807, 2.05) is 20.9 Å². The lowest BCUT2D eigenvalue weighted by molar-refractivity contribution is -0.141. The van der Waals surface area contributed by atoms with E-state index in [1.165, 1.54) is 4.88 Å². The molecule has 2 rings (SSSR count). The van der Waals surface area contributed by atoms with Crippen LogP contribution in [0.25, 0.3) is 0 Å². The summed E-state index contributed by atoms with van der Waals surface area (Å²) in [6.45, 7) is 7.41. The minimum Gasteiger partial charge on any atom is -0.461 e. The van der Waals surface area contributed by atoms with Crippen LogP contribution in [-0.2, 0) is 20.8 Å². The highest BCUT2D eigenvalue weighted by molar-refractivity contribution is 9.11. The molecule has 1 aliphatic heterocycles. The van der Waals surface area contributed by atoms with Crippen molar-refractivity contribution in [2.45, 2.75) is 44.8 Å². The molecule has 5 nitrogen and oxygen atoms in total. The van der Waals surface area contributed by atoms with Crippen molar-refractivity contribution in [1.29, 1.82) is 0 Å². The number of likely N-dealkylation sites (N-methyl/N-ethyl adjacent to an activating group) is 1. The normalized spacial score (nSPS) is 17.0. The molecule has 1 saturated heterocycles. The van der Waals surface area contributed by atoms with Gasteiger partial charge in [-0.25, -0.2) is 4.98 Å². The lowest BCUT2D eigenvalue weighted by Crippen LogP contribution is -2.38. The van der Waals surface area contributed by atoms with Gasteiger partial charge in [0.05, 0.1) is 5.69 Å². The van der Waals surface area contributed by atoms with Gasteiger partial charge in [0.25, 0.3) is 6.47 Å². The summed E-state index contributed by atoms with van der Waals surface area (Å²) in [7, 11) is 2.02. The van der Waals surface area contributed by atoms with Crippen molar-refractivity contribution in [3.63, 3.8) is 0 Å². The Labute approximate surface area is 144 Å². The molecule has 0 unspecified atom stereocenters.